The molecule has 1 aromatic rings. The zero-order chi connectivity index (χ0) is 18.2. The number of halogens is 1. The van der Waals surface area contributed by atoms with Crippen LogP contribution in [0.1, 0.15) is 32.3 Å². The molecule has 5 nitrogen and oxygen atoms in total. The summed E-state index contributed by atoms with van der Waals surface area (Å²) < 4.78 is 34.7. The normalized spacial score (nSPS) is 29.2. The zero-order valence-electron chi connectivity index (χ0n) is 15.1. The largest absolute Gasteiger partial charge is 0.373 e. The van der Waals surface area contributed by atoms with Crippen LogP contribution in [0.5, 0.6) is 0 Å². The number of rotatable bonds is 4. The maximum Gasteiger partial charge on any atom is 0.243 e. The summed E-state index contributed by atoms with van der Waals surface area (Å²) in [6.07, 6.45) is 2.25. The average Bonchev–Trinajstić information content (AvgIpc) is 2.97. The van der Waals surface area contributed by atoms with E-state index in [1.165, 1.54) is 0 Å². The van der Waals surface area contributed by atoms with Gasteiger partial charge in [0.05, 0.1) is 17.1 Å². The molecule has 0 bridgehead atoms. The molecule has 2 heterocycles. The Balaban J connectivity index is 1.77. The molecule has 3 rings (SSSR count). The molecular formula is C18H27BrN2O3S. The molecule has 0 aromatic heterocycles. The van der Waals surface area contributed by atoms with Gasteiger partial charge in [-0.2, -0.15) is 4.31 Å². The second-order valence-electron chi connectivity index (χ2n) is 7.30. The first-order valence-corrected chi connectivity index (χ1v) is 11.2. The number of sulfonamides is 1. The summed E-state index contributed by atoms with van der Waals surface area (Å²) in [4.78, 5) is 2.74. The molecule has 2 saturated heterocycles. The highest BCUT2D eigenvalue weighted by atomic mass is 79.9. The molecule has 0 N–H and O–H groups in total. The number of nitrogens with zero attached hydrogens (tertiary/aromatic N) is 2. The van der Waals surface area contributed by atoms with Crippen LogP contribution in [-0.4, -0.2) is 62.1 Å². The van der Waals surface area contributed by atoms with Crippen molar-refractivity contribution in [3.8, 4) is 0 Å². The predicted molar refractivity (Wildman–Crippen MR) is 102 cm³/mol. The molecule has 0 saturated carbocycles. The number of morpholine rings is 1. The highest BCUT2D eigenvalue weighted by molar-refractivity contribution is 9.10. The summed E-state index contributed by atoms with van der Waals surface area (Å²) in [6.45, 7) is 9.20. The number of hydrogen-bond acceptors (Lipinski definition) is 4. The van der Waals surface area contributed by atoms with Gasteiger partial charge in [-0.05, 0) is 57.4 Å². The van der Waals surface area contributed by atoms with E-state index in [1.54, 1.807) is 16.4 Å². The molecule has 7 heteroatoms. The van der Waals surface area contributed by atoms with Gasteiger partial charge in [0, 0.05) is 36.7 Å². The van der Waals surface area contributed by atoms with Gasteiger partial charge in [-0.1, -0.05) is 15.9 Å². The molecule has 25 heavy (non-hydrogen) atoms. The Bertz CT molecular complexity index is 715. The Kier molecular flexibility index (Phi) is 5.90. The molecule has 0 aliphatic carbocycles. The van der Waals surface area contributed by atoms with Crippen LogP contribution < -0.4 is 0 Å². The fourth-order valence-corrected chi connectivity index (χ4v) is 5.97. The summed E-state index contributed by atoms with van der Waals surface area (Å²) in [5, 5.41) is 0. The molecule has 0 unspecified atom stereocenters. The van der Waals surface area contributed by atoms with Crippen LogP contribution in [0.15, 0.2) is 27.6 Å². The van der Waals surface area contributed by atoms with Gasteiger partial charge in [0.25, 0.3) is 0 Å². The van der Waals surface area contributed by atoms with E-state index in [4.69, 9.17) is 4.74 Å². The number of hydrogen-bond donors (Lipinski definition) is 0. The van der Waals surface area contributed by atoms with Gasteiger partial charge in [-0.25, -0.2) is 8.42 Å². The minimum absolute atomic E-state index is 0.0476. The van der Waals surface area contributed by atoms with Crippen LogP contribution in [0, 0.1) is 6.92 Å². The lowest BCUT2D eigenvalue weighted by Gasteiger charge is -2.38. The van der Waals surface area contributed by atoms with E-state index in [2.05, 4.69) is 34.7 Å². The molecule has 0 amide bonds. The SMILES string of the molecule is Cc1cc(S(=O)(=O)N2CCC[C@H]2CN2C[C@@H](C)O[C@@H](C)C2)ccc1Br. The smallest absolute Gasteiger partial charge is 0.243 e. The molecule has 0 radical (unpaired) electrons. The molecular weight excluding hydrogens is 404 g/mol. The minimum atomic E-state index is -3.45. The van der Waals surface area contributed by atoms with Crippen LogP contribution in [0.4, 0.5) is 0 Å². The van der Waals surface area contributed by atoms with E-state index in [1.807, 2.05) is 13.0 Å². The maximum absolute atomic E-state index is 13.1. The lowest BCUT2D eigenvalue weighted by molar-refractivity contribution is -0.0707. The Morgan fingerprint density at radius 2 is 1.92 bits per heavy atom. The van der Waals surface area contributed by atoms with Crippen molar-refractivity contribution in [3.63, 3.8) is 0 Å². The van der Waals surface area contributed by atoms with Gasteiger partial charge < -0.3 is 4.74 Å². The van der Waals surface area contributed by atoms with Crippen molar-refractivity contribution >= 4 is 26.0 Å². The van der Waals surface area contributed by atoms with Crippen LogP contribution in [0.25, 0.3) is 0 Å². The van der Waals surface area contributed by atoms with E-state index in [0.29, 0.717) is 11.4 Å². The Morgan fingerprint density at radius 1 is 1.24 bits per heavy atom. The minimum Gasteiger partial charge on any atom is -0.373 e. The molecule has 140 valence electrons. The van der Waals surface area contributed by atoms with Crippen LogP contribution in [-0.2, 0) is 14.8 Å². The molecule has 1 aromatic carbocycles. The Morgan fingerprint density at radius 3 is 2.56 bits per heavy atom. The van der Waals surface area contributed by atoms with Gasteiger partial charge in [-0.3, -0.25) is 4.90 Å². The topological polar surface area (TPSA) is 49.9 Å². The van der Waals surface area contributed by atoms with E-state index < -0.39 is 10.0 Å². The zero-order valence-corrected chi connectivity index (χ0v) is 17.5. The number of aryl methyl sites for hydroxylation is 1. The lowest BCUT2D eigenvalue weighted by Crippen LogP contribution is -2.50. The van der Waals surface area contributed by atoms with Gasteiger partial charge in [0.2, 0.25) is 10.0 Å². The monoisotopic (exact) mass is 430 g/mol. The van der Waals surface area contributed by atoms with E-state index in [-0.39, 0.29) is 18.2 Å². The van der Waals surface area contributed by atoms with Gasteiger partial charge in [0.15, 0.2) is 0 Å². The highest BCUT2D eigenvalue weighted by Crippen LogP contribution is 2.29. The molecule has 3 atom stereocenters. The average molecular weight is 431 g/mol. The summed E-state index contributed by atoms with van der Waals surface area (Å²) in [6, 6.07) is 5.32. The van der Waals surface area contributed by atoms with Gasteiger partial charge in [0.1, 0.15) is 0 Å². The van der Waals surface area contributed by atoms with E-state index in [9.17, 15) is 8.42 Å². The summed E-state index contributed by atoms with van der Waals surface area (Å²) in [5.41, 5.74) is 0.938. The van der Waals surface area contributed by atoms with E-state index >= 15 is 0 Å². The van der Waals surface area contributed by atoms with Gasteiger partial charge in [-0.15, -0.1) is 0 Å². The molecule has 0 spiro atoms. The maximum atomic E-state index is 13.1. The second-order valence-corrected chi connectivity index (χ2v) is 10.0. The third kappa shape index (κ3) is 4.27. The standard InChI is InChI=1S/C18H27BrN2O3S/c1-13-9-17(6-7-18(13)19)25(22,23)21-8-4-5-16(21)12-20-10-14(2)24-15(3)11-20/h6-7,9,14-16H,4-5,8,10-12H2,1-3H3/t14-,15+,16-/m0/s1. The van der Waals surface area contributed by atoms with Crippen molar-refractivity contribution in [1.82, 2.24) is 9.21 Å². The van der Waals surface area contributed by atoms with Crippen LogP contribution in [0.3, 0.4) is 0 Å². The van der Waals surface area contributed by atoms with Crippen molar-refractivity contribution < 1.29 is 13.2 Å². The van der Waals surface area contributed by atoms with Crippen molar-refractivity contribution in [2.75, 3.05) is 26.2 Å². The molecule has 2 aliphatic heterocycles. The van der Waals surface area contributed by atoms with E-state index in [0.717, 1.165) is 42.5 Å². The predicted octanol–water partition coefficient (Wildman–Crippen LogP) is 3.02. The first-order chi connectivity index (χ1) is 11.8. The van der Waals surface area contributed by atoms with Crippen molar-refractivity contribution in [1.29, 1.82) is 0 Å². The Labute approximate surface area is 159 Å². The fourth-order valence-electron chi connectivity index (χ4n) is 3.95. The summed E-state index contributed by atoms with van der Waals surface area (Å²) in [5.74, 6) is 0. The van der Waals surface area contributed by atoms with Crippen molar-refractivity contribution in [2.45, 2.75) is 56.8 Å². The fraction of sp³-hybridized carbons (Fsp3) is 0.667. The first kappa shape index (κ1) is 19.3. The summed E-state index contributed by atoms with van der Waals surface area (Å²) in [7, 11) is -3.45. The number of benzene rings is 1. The molecule has 2 fully saturated rings. The Hall–Kier alpha value is -0.470. The number of ether oxygens (including phenoxy) is 1. The van der Waals surface area contributed by atoms with Gasteiger partial charge >= 0.3 is 0 Å². The molecule has 2 aliphatic rings. The highest BCUT2D eigenvalue weighted by Gasteiger charge is 2.37. The van der Waals surface area contributed by atoms with Crippen molar-refractivity contribution in [3.05, 3.63) is 28.2 Å². The first-order valence-electron chi connectivity index (χ1n) is 8.93. The second kappa shape index (κ2) is 7.64. The summed E-state index contributed by atoms with van der Waals surface area (Å²) >= 11 is 3.44. The third-order valence-electron chi connectivity index (χ3n) is 5.02. The third-order valence-corrected chi connectivity index (χ3v) is 7.86. The van der Waals surface area contributed by atoms with Crippen LogP contribution in [0.2, 0.25) is 0 Å². The quantitative estimate of drug-likeness (QED) is 0.736. The lowest BCUT2D eigenvalue weighted by atomic mass is 10.1. The van der Waals surface area contributed by atoms with Crippen LogP contribution >= 0.6 is 15.9 Å². The van der Waals surface area contributed by atoms with Crippen molar-refractivity contribution in [2.24, 2.45) is 0 Å².